The number of ether oxygens (including phenoxy) is 2. The third kappa shape index (κ3) is 3.20. The molecule has 2 heterocycles. The highest BCUT2D eigenvalue weighted by molar-refractivity contribution is 5.71. The first-order valence-electron chi connectivity index (χ1n) is 7.10. The number of nitrogens with zero attached hydrogens (tertiary/aromatic N) is 3. The van der Waals surface area contributed by atoms with Crippen LogP contribution in [0.5, 0.6) is 0 Å². The number of aromatic nitrogens is 2. The van der Waals surface area contributed by atoms with E-state index < -0.39 is 0 Å². The molecule has 5 nitrogen and oxygen atoms in total. The molecule has 3 rings (SSSR count). The molecule has 1 fully saturated rings. The monoisotopic (exact) mass is 285 g/mol. The Morgan fingerprint density at radius 3 is 2.86 bits per heavy atom. The lowest BCUT2D eigenvalue weighted by molar-refractivity contribution is -0.0102. The molecule has 110 valence electrons. The lowest BCUT2D eigenvalue weighted by atomic mass is 10.1. The van der Waals surface area contributed by atoms with E-state index in [4.69, 9.17) is 9.47 Å². The van der Waals surface area contributed by atoms with E-state index in [-0.39, 0.29) is 6.10 Å². The van der Waals surface area contributed by atoms with Crippen LogP contribution in [0.15, 0.2) is 42.7 Å². The molecule has 1 atom stereocenters. The van der Waals surface area contributed by atoms with Crippen LogP contribution < -0.4 is 4.90 Å². The number of methoxy groups -OCH3 is 1. The standard InChI is InChI=1S/C16H19N3O2/c1-20-12-14-11-19(9-10-21-14)16-15(17-7-8-18-16)13-5-3-2-4-6-13/h2-8,14H,9-12H2,1H3/t14-/m1/s1. The largest absolute Gasteiger partial charge is 0.382 e. The van der Waals surface area contributed by atoms with Crippen molar-refractivity contribution in [2.75, 3.05) is 38.3 Å². The van der Waals surface area contributed by atoms with Gasteiger partial charge in [0.15, 0.2) is 5.82 Å². The fourth-order valence-electron chi connectivity index (χ4n) is 2.56. The van der Waals surface area contributed by atoms with Gasteiger partial charge in [-0.1, -0.05) is 30.3 Å². The molecule has 1 aliphatic rings. The molecule has 0 unspecified atom stereocenters. The van der Waals surface area contributed by atoms with Crippen molar-refractivity contribution in [1.82, 2.24) is 9.97 Å². The van der Waals surface area contributed by atoms with E-state index in [0.717, 1.165) is 30.2 Å². The van der Waals surface area contributed by atoms with Gasteiger partial charge in [-0.25, -0.2) is 4.98 Å². The third-order valence-corrected chi connectivity index (χ3v) is 3.52. The Morgan fingerprint density at radius 2 is 2.05 bits per heavy atom. The van der Waals surface area contributed by atoms with Gasteiger partial charge in [0.05, 0.1) is 19.3 Å². The average molecular weight is 285 g/mol. The van der Waals surface area contributed by atoms with Gasteiger partial charge in [-0.15, -0.1) is 0 Å². The van der Waals surface area contributed by atoms with Crippen molar-refractivity contribution in [2.45, 2.75) is 6.10 Å². The summed E-state index contributed by atoms with van der Waals surface area (Å²) in [7, 11) is 1.69. The molecule has 2 aromatic rings. The first-order valence-corrected chi connectivity index (χ1v) is 7.10. The molecule has 0 saturated carbocycles. The second-order valence-corrected chi connectivity index (χ2v) is 4.99. The lowest BCUT2D eigenvalue weighted by Crippen LogP contribution is -2.45. The summed E-state index contributed by atoms with van der Waals surface area (Å²) in [6.45, 7) is 2.86. The first-order chi connectivity index (χ1) is 10.4. The Hall–Kier alpha value is -1.98. The zero-order valence-corrected chi connectivity index (χ0v) is 12.1. The van der Waals surface area contributed by atoms with E-state index in [9.17, 15) is 0 Å². The van der Waals surface area contributed by atoms with Crippen molar-refractivity contribution in [2.24, 2.45) is 0 Å². The van der Waals surface area contributed by atoms with Gasteiger partial charge in [0.25, 0.3) is 0 Å². The highest BCUT2D eigenvalue weighted by atomic mass is 16.5. The summed E-state index contributed by atoms with van der Waals surface area (Å²) in [6, 6.07) is 10.1. The Bertz CT molecular complexity index is 575. The Balaban J connectivity index is 1.88. The predicted molar refractivity (Wildman–Crippen MR) is 81.3 cm³/mol. The van der Waals surface area contributed by atoms with Crippen LogP contribution in [0.1, 0.15) is 0 Å². The van der Waals surface area contributed by atoms with Gasteiger partial charge in [-0.2, -0.15) is 0 Å². The van der Waals surface area contributed by atoms with Crippen molar-refractivity contribution in [3.8, 4) is 11.3 Å². The highest BCUT2D eigenvalue weighted by Crippen LogP contribution is 2.27. The maximum absolute atomic E-state index is 5.70. The molecule has 0 aliphatic carbocycles. The van der Waals surface area contributed by atoms with E-state index in [2.05, 4.69) is 27.0 Å². The molecular formula is C16H19N3O2. The molecule has 0 spiro atoms. The van der Waals surface area contributed by atoms with Crippen molar-refractivity contribution in [3.05, 3.63) is 42.7 Å². The number of hydrogen-bond donors (Lipinski definition) is 0. The summed E-state index contributed by atoms with van der Waals surface area (Å²) >= 11 is 0. The minimum atomic E-state index is 0.0781. The molecule has 1 aromatic carbocycles. The molecule has 5 heteroatoms. The maximum Gasteiger partial charge on any atom is 0.155 e. The summed E-state index contributed by atoms with van der Waals surface area (Å²) in [6.07, 6.45) is 3.55. The molecule has 21 heavy (non-hydrogen) atoms. The van der Waals surface area contributed by atoms with Gasteiger partial charge in [-0.05, 0) is 0 Å². The second-order valence-electron chi connectivity index (χ2n) is 4.99. The number of rotatable bonds is 4. The van der Waals surface area contributed by atoms with Crippen molar-refractivity contribution < 1.29 is 9.47 Å². The number of morpholine rings is 1. The van der Waals surface area contributed by atoms with Crippen LogP contribution in [-0.2, 0) is 9.47 Å². The van der Waals surface area contributed by atoms with Gasteiger partial charge in [0.1, 0.15) is 5.69 Å². The van der Waals surface area contributed by atoms with Crippen LogP contribution in [0.2, 0.25) is 0 Å². The molecule has 0 bridgehead atoms. The summed E-state index contributed by atoms with van der Waals surface area (Å²) in [5.74, 6) is 0.910. The zero-order valence-electron chi connectivity index (χ0n) is 12.1. The Morgan fingerprint density at radius 1 is 1.24 bits per heavy atom. The average Bonchev–Trinajstić information content (AvgIpc) is 2.56. The topological polar surface area (TPSA) is 47.5 Å². The summed E-state index contributed by atoms with van der Waals surface area (Å²) in [5, 5.41) is 0. The van der Waals surface area contributed by atoms with E-state index >= 15 is 0 Å². The van der Waals surface area contributed by atoms with Gasteiger partial charge in [0, 0.05) is 38.2 Å². The van der Waals surface area contributed by atoms with Gasteiger partial charge in [-0.3, -0.25) is 4.98 Å². The van der Waals surface area contributed by atoms with E-state index in [1.807, 2.05) is 18.2 Å². The summed E-state index contributed by atoms with van der Waals surface area (Å²) < 4.78 is 10.9. The number of anilines is 1. The van der Waals surface area contributed by atoms with Crippen LogP contribution in [0.4, 0.5) is 5.82 Å². The molecule has 0 amide bonds. The fourth-order valence-corrected chi connectivity index (χ4v) is 2.56. The van der Waals surface area contributed by atoms with Crippen molar-refractivity contribution in [1.29, 1.82) is 0 Å². The van der Waals surface area contributed by atoms with Crippen LogP contribution in [0.3, 0.4) is 0 Å². The quantitative estimate of drug-likeness (QED) is 0.860. The maximum atomic E-state index is 5.70. The van der Waals surface area contributed by atoms with Gasteiger partial charge >= 0.3 is 0 Å². The van der Waals surface area contributed by atoms with Crippen LogP contribution in [0.25, 0.3) is 11.3 Å². The molecule has 1 aromatic heterocycles. The normalized spacial score (nSPS) is 18.7. The zero-order chi connectivity index (χ0) is 14.5. The van der Waals surface area contributed by atoms with Crippen molar-refractivity contribution in [3.63, 3.8) is 0 Å². The fraction of sp³-hybridized carbons (Fsp3) is 0.375. The Labute approximate surface area is 124 Å². The third-order valence-electron chi connectivity index (χ3n) is 3.52. The van der Waals surface area contributed by atoms with Crippen molar-refractivity contribution >= 4 is 5.82 Å². The molecule has 1 aliphatic heterocycles. The molecule has 0 radical (unpaired) electrons. The Kier molecular flexibility index (Phi) is 4.43. The minimum absolute atomic E-state index is 0.0781. The minimum Gasteiger partial charge on any atom is -0.382 e. The van der Waals surface area contributed by atoms with Crippen LogP contribution in [0, 0.1) is 0 Å². The molecule has 1 saturated heterocycles. The smallest absolute Gasteiger partial charge is 0.155 e. The highest BCUT2D eigenvalue weighted by Gasteiger charge is 2.23. The van der Waals surface area contributed by atoms with E-state index in [1.54, 1.807) is 19.5 Å². The van der Waals surface area contributed by atoms with E-state index in [1.165, 1.54) is 0 Å². The van der Waals surface area contributed by atoms with Crippen LogP contribution in [-0.4, -0.2) is 49.5 Å². The van der Waals surface area contributed by atoms with Gasteiger partial charge < -0.3 is 14.4 Å². The van der Waals surface area contributed by atoms with Crippen LogP contribution >= 0.6 is 0 Å². The second kappa shape index (κ2) is 6.65. The SMILES string of the molecule is COC[C@H]1CN(c2nccnc2-c2ccccc2)CCO1. The van der Waals surface area contributed by atoms with E-state index in [0.29, 0.717) is 13.2 Å². The number of benzene rings is 1. The first kappa shape index (κ1) is 14.0. The summed E-state index contributed by atoms with van der Waals surface area (Å²) in [5.41, 5.74) is 1.99. The van der Waals surface area contributed by atoms with Gasteiger partial charge in [0.2, 0.25) is 0 Å². The molecular weight excluding hydrogens is 266 g/mol. The molecule has 0 N–H and O–H groups in total. The predicted octanol–water partition coefficient (Wildman–Crippen LogP) is 2.00. The number of hydrogen-bond acceptors (Lipinski definition) is 5. The summed E-state index contributed by atoms with van der Waals surface area (Å²) in [4.78, 5) is 11.3. The lowest BCUT2D eigenvalue weighted by Gasteiger charge is -2.34.